The zero-order valence-electron chi connectivity index (χ0n) is 14.3. The first-order valence-corrected chi connectivity index (χ1v) is 8.61. The van der Waals surface area contributed by atoms with Gasteiger partial charge in [0, 0.05) is 17.6 Å². The lowest BCUT2D eigenvalue weighted by Crippen LogP contribution is -2.48. The maximum absolute atomic E-state index is 11.4. The summed E-state index contributed by atoms with van der Waals surface area (Å²) in [5.74, 6) is 1.02. The molecule has 2 atom stereocenters. The molecule has 1 aliphatic heterocycles. The van der Waals surface area contributed by atoms with Gasteiger partial charge in [-0.25, -0.2) is 4.79 Å². The van der Waals surface area contributed by atoms with Crippen LogP contribution in [0.4, 0.5) is 4.79 Å². The van der Waals surface area contributed by atoms with Crippen molar-refractivity contribution >= 4 is 17.7 Å². The maximum atomic E-state index is 11.4. The van der Waals surface area contributed by atoms with Crippen molar-refractivity contribution in [3.8, 4) is 11.5 Å². The minimum atomic E-state index is -0.964. The number of amides is 1. The predicted octanol–water partition coefficient (Wildman–Crippen LogP) is 3.85. The van der Waals surface area contributed by atoms with Crippen molar-refractivity contribution in [3.05, 3.63) is 59.1 Å². The Labute approximate surface area is 156 Å². The normalized spacial score (nSPS) is 18.2. The van der Waals surface area contributed by atoms with Gasteiger partial charge in [0.2, 0.25) is 0 Å². The van der Waals surface area contributed by atoms with Crippen molar-refractivity contribution in [1.82, 2.24) is 4.90 Å². The summed E-state index contributed by atoms with van der Waals surface area (Å²) in [6.45, 7) is 0.893. The third-order valence-electron chi connectivity index (χ3n) is 4.21. The summed E-state index contributed by atoms with van der Waals surface area (Å²) >= 11 is 6.02. The molecule has 1 aliphatic rings. The number of benzene rings is 2. The van der Waals surface area contributed by atoms with Crippen molar-refractivity contribution in [2.24, 2.45) is 0 Å². The van der Waals surface area contributed by atoms with Crippen LogP contribution >= 0.6 is 11.6 Å². The number of hydrogen-bond acceptors (Lipinski definition) is 4. The van der Waals surface area contributed by atoms with Gasteiger partial charge in [-0.2, -0.15) is 0 Å². The van der Waals surface area contributed by atoms with Crippen LogP contribution < -0.4 is 9.47 Å². The third kappa shape index (κ3) is 4.20. The first-order chi connectivity index (χ1) is 12.6. The molecule has 0 aliphatic carbocycles. The first kappa shape index (κ1) is 18.4. The van der Waals surface area contributed by atoms with Crippen LogP contribution in [0.3, 0.4) is 0 Å². The Kier molecular flexibility index (Phi) is 5.85. The van der Waals surface area contributed by atoms with E-state index in [-0.39, 0.29) is 6.54 Å². The minimum Gasteiger partial charge on any atom is -0.493 e. The molecule has 2 aromatic rings. The molecule has 0 spiro atoms. The van der Waals surface area contributed by atoms with Crippen LogP contribution in [0.2, 0.25) is 5.02 Å². The second kappa shape index (κ2) is 8.29. The molecule has 1 heterocycles. The average molecular weight is 378 g/mol. The van der Waals surface area contributed by atoms with Crippen LogP contribution in [0, 0.1) is 0 Å². The quantitative estimate of drug-likeness (QED) is 0.857. The van der Waals surface area contributed by atoms with Crippen LogP contribution in [0.1, 0.15) is 11.7 Å². The number of halogens is 1. The highest BCUT2D eigenvalue weighted by Gasteiger charge is 2.33. The number of methoxy groups -OCH3 is 1. The zero-order chi connectivity index (χ0) is 18.5. The van der Waals surface area contributed by atoms with Gasteiger partial charge in [-0.3, -0.25) is 0 Å². The molecule has 3 rings (SSSR count). The van der Waals surface area contributed by atoms with E-state index in [1.807, 2.05) is 30.3 Å². The molecule has 1 fully saturated rings. The lowest BCUT2D eigenvalue weighted by Gasteiger charge is -2.36. The van der Waals surface area contributed by atoms with Crippen molar-refractivity contribution in [2.45, 2.75) is 12.2 Å². The highest BCUT2D eigenvalue weighted by Crippen LogP contribution is 2.35. The van der Waals surface area contributed by atoms with E-state index in [2.05, 4.69) is 0 Å². The molecule has 1 N–H and O–H groups in total. The van der Waals surface area contributed by atoms with Gasteiger partial charge in [0.05, 0.1) is 20.3 Å². The summed E-state index contributed by atoms with van der Waals surface area (Å²) in [6, 6.07) is 14.7. The molecule has 1 saturated heterocycles. The third-order valence-corrected chi connectivity index (χ3v) is 4.44. The Balaban J connectivity index is 1.91. The fourth-order valence-electron chi connectivity index (χ4n) is 2.91. The van der Waals surface area contributed by atoms with E-state index in [0.717, 1.165) is 5.56 Å². The van der Waals surface area contributed by atoms with Gasteiger partial charge in [0.15, 0.2) is 17.6 Å². The van der Waals surface area contributed by atoms with Crippen molar-refractivity contribution < 1.29 is 24.1 Å². The summed E-state index contributed by atoms with van der Waals surface area (Å²) in [5, 5.41) is 9.84. The Morgan fingerprint density at radius 3 is 2.73 bits per heavy atom. The summed E-state index contributed by atoms with van der Waals surface area (Å²) in [6.07, 6.45) is -1.90. The molecule has 0 saturated carbocycles. The number of rotatable bonds is 5. The fourth-order valence-corrected chi connectivity index (χ4v) is 3.07. The molecule has 1 amide bonds. The average Bonchev–Trinajstić information content (AvgIpc) is 2.67. The Morgan fingerprint density at radius 2 is 2.04 bits per heavy atom. The van der Waals surface area contributed by atoms with Gasteiger partial charge in [0.1, 0.15) is 6.10 Å². The fraction of sp³-hybridized carbons (Fsp3) is 0.316. The molecule has 6 nitrogen and oxygen atoms in total. The van der Waals surface area contributed by atoms with E-state index in [4.69, 9.17) is 25.8 Å². The van der Waals surface area contributed by atoms with E-state index in [1.165, 1.54) is 4.90 Å². The first-order valence-electron chi connectivity index (χ1n) is 8.23. The highest BCUT2D eigenvalue weighted by molar-refractivity contribution is 6.30. The van der Waals surface area contributed by atoms with Crippen molar-refractivity contribution in [3.63, 3.8) is 0 Å². The monoisotopic (exact) mass is 377 g/mol. The summed E-state index contributed by atoms with van der Waals surface area (Å²) < 4.78 is 17.4. The summed E-state index contributed by atoms with van der Waals surface area (Å²) in [7, 11) is 1.54. The molecule has 0 unspecified atom stereocenters. The summed E-state index contributed by atoms with van der Waals surface area (Å²) in [4.78, 5) is 12.7. The number of morpholine rings is 1. The Morgan fingerprint density at radius 1 is 1.27 bits per heavy atom. The molecule has 2 aromatic carbocycles. The van der Waals surface area contributed by atoms with Gasteiger partial charge in [-0.05, 0) is 17.7 Å². The Bertz CT molecular complexity index is 755. The van der Waals surface area contributed by atoms with Crippen LogP contribution in [0.15, 0.2) is 48.5 Å². The van der Waals surface area contributed by atoms with E-state index in [1.54, 1.807) is 25.3 Å². The summed E-state index contributed by atoms with van der Waals surface area (Å²) in [5.41, 5.74) is 0.891. The highest BCUT2D eigenvalue weighted by atomic mass is 35.5. The SMILES string of the molecule is COc1cc(Cl)ccc1O[C@H](c1ccccc1)[C@@H]1CN(C(=O)O)CCO1. The van der Waals surface area contributed by atoms with Crippen molar-refractivity contribution in [1.29, 1.82) is 0 Å². The molecule has 138 valence electrons. The second-order valence-electron chi connectivity index (χ2n) is 5.88. The van der Waals surface area contributed by atoms with E-state index >= 15 is 0 Å². The molecule has 0 aromatic heterocycles. The standard InChI is InChI=1S/C19H20ClNO5/c1-24-16-11-14(20)7-8-15(16)26-18(13-5-3-2-4-6-13)17-12-21(19(22)23)9-10-25-17/h2-8,11,17-18H,9-10,12H2,1H3,(H,22,23)/t17-,18+/m0/s1. The van der Waals surface area contributed by atoms with E-state index in [9.17, 15) is 9.90 Å². The lowest BCUT2D eigenvalue weighted by molar-refractivity contribution is -0.0757. The molecule has 0 bridgehead atoms. The van der Waals surface area contributed by atoms with Crippen LogP contribution in [0.5, 0.6) is 11.5 Å². The van der Waals surface area contributed by atoms with Gasteiger partial charge in [-0.15, -0.1) is 0 Å². The Hall–Kier alpha value is -2.44. The van der Waals surface area contributed by atoms with E-state index < -0.39 is 18.3 Å². The minimum absolute atomic E-state index is 0.227. The van der Waals surface area contributed by atoms with Crippen LogP contribution in [-0.4, -0.2) is 49.0 Å². The van der Waals surface area contributed by atoms with Gasteiger partial charge >= 0.3 is 6.09 Å². The van der Waals surface area contributed by atoms with Gasteiger partial charge in [-0.1, -0.05) is 41.9 Å². The lowest BCUT2D eigenvalue weighted by atomic mass is 10.0. The largest absolute Gasteiger partial charge is 0.493 e. The molecule has 0 radical (unpaired) electrons. The number of carbonyl (C=O) groups is 1. The number of hydrogen-bond donors (Lipinski definition) is 1. The predicted molar refractivity (Wildman–Crippen MR) is 97.2 cm³/mol. The van der Waals surface area contributed by atoms with Gasteiger partial charge in [0.25, 0.3) is 0 Å². The van der Waals surface area contributed by atoms with Crippen LogP contribution in [-0.2, 0) is 4.74 Å². The van der Waals surface area contributed by atoms with E-state index in [0.29, 0.717) is 29.7 Å². The topological polar surface area (TPSA) is 68.2 Å². The molecular weight excluding hydrogens is 358 g/mol. The molecule has 26 heavy (non-hydrogen) atoms. The smallest absolute Gasteiger partial charge is 0.407 e. The number of nitrogens with zero attached hydrogens (tertiary/aromatic N) is 1. The molecule has 7 heteroatoms. The number of ether oxygens (including phenoxy) is 3. The maximum Gasteiger partial charge on any atom is 0.407 e. The number of carboxylic acid groups (broad SMARTS) is 1. The second-order valence-corrected chi connectivity index (χ2v) is 6.32. The zero-order valence-corrected chi connectivity index (χ0v) is 15.1. The molecular formula is C19H20ClNO5. The van der Waals surface area contributed by atoms with Crippen molar-refractivity contribution in [2.75, 3.05) is 26.8 Å². The van der Waals surface area contributed by atoms with Gasteiger partial charge < -0.3 is 24.2 Å². The van der Waals surface area contributed by atoms with Crippen LogP contribution in [0.25, 0.3) is 0 Å².